The quantitative estimate of drug-likeness (QED) is 0.169. The first-order valence-electron chi connectivity index (χ1n) is 19.5. The number of rotatable bonds is 6. The number of hydrogen-bond donors (Lipinski definition) is 0. The van der Waals surface area contributed by atoms with Crippen molar-refractivity contribution in [1.82, 2.24) is 24.9 Å². The van der Waals surface area contributed by atoms with Crippen LogP contribution in [-0.4, -0.2) is 24.9 Å². The second-order valence-electron chi connectivity index (χ2n) is 15.3. The number of fused-ring (bicyclic) bond motifs is 6. The van der Waals surface area contributed by atoms with E-state index in [0.29, 0.717) is 23.3 Å². The van der Waals surface area contributed by atoms with Crippen molar-refractivity contribution < 1.29 is 4.42 Å². The van der Waals surface area contributed by atoms with Crippen LogP contribution in [-0.2, 0) is 5.41 Å². The van der Waals surface area contributed by atoms with Crippen LogP contribution in [0.25, 0.3) is 101 Å². The normalized spacial score (nSPS) is 12.8. The molecule has 58 heavy (non-hydrogen) atoms. The van der Waals surface area contributed by atoms with Crippen LogP contribution in [0.1, 0.15) is 25.0 Å². The van der Waals surface area contributed by atoms with Crippen molar-refractivity contribution in [2.45, 2.75) is 19.3 Å². The number of hydrogen-bond acceptors (Lipinski definition) is 6. The highest BCUT2D eigenvalue weighted by atomic mass is 16.3. The van der Waals surface area contributed by atoms with Gasteiger partial charge in [-0.1, -0.05) is 159 Å². The highest BCUT2D eigenvalue weighted by Gasteiger charge is 2.38. The lowest BCUT2D eigenvalue weighted by atomic mass is 9.80. The van der Waals surface area contributed by atoms with Gasteiger partial charge in [-0.25, -0.2) is 24.9 Å². The molecular weight excluding hydrogens is 711 g/mol. The number of benzene rings is 7. The van der Waals surface area contributed by atoms with Crippen LogP contribution < -0.4 is 0 Å². The second-order valence-corrected chi connectivity index (χ2v) is 15.3. The molecule has 0 amide bonds. The summed E-state index contributed by atoms with van der Waals surface area (Å²) in [6, 6.07) is 60.1. The average Bonchev–Trinajstić information content (AvgIpc) is 3.78. The van der Waals surface area contributed by atoms with Crippen molar-refractivity contribution in [3.63, 3.8) is 0 Å². The Morgan fingerprint density at radius 1 is 0.379 bits per heavy atom. The Labute approximate surface area is 335 Å². The Kier molecular flexibility index (Phi) is 7.73. The van der Waals surface area contributed by atoms with Gasteiger partial charge in [0.2, 0.25) is 0 Å². The first-order chi connectivity index (χ1) is 28.5. The van der Waals surface area contributed by atoms with E-state index in [1.165, 1.54) is 22.3 Å². The predicted octanol–water partition coefficient (Wildman–Crippen LogP) is 12.9. The van der Waals surface area contributed by atoms with E-state index in [1.807, 2.05) is 91.0 Å². The van der Waals surface area contributed by atoms with Gasteiger partial charge in [0.25, 0.3) is 0 Å². The molecule has 11 rings (SSSR count). The van der Waals surface area contributed by atoms with E-state index in [-0.39, 0.29) is 5.41 Å². The van der Waals surface area contributed by atoms with Crippen molar-refractivity contribution in [3.05, 3.63) is 187 Å². The molecule has 10 aromatic rings. The standard InChI is InChI=1S/C52H35N5O/c1-52(2)41-26-13-12-22-36(41)37-23-14-25-39(47(37)52)51-56-48(34-20-10-5-11-21-34)55-50(57-51)38-24-15-27-45-46(38)40-30-35(28-29-44(40)58-45)49-53-42(32-16-6-3-7-17-32)31-43(54-49)33-18-8-4-9-19-33/h3-31H,1-2H3. The van der Waals surface area contributed by atoms with Crippen molar-refractivity contribution >= 4 is 21.9 Å². The SMILES string of the molecule is CC1(C)c2ccccc2-c2cccc(-c3nc(-c4ccccc4)nc(-c4cccc5oc6ccc(-c7nc(-c8ccccc8)cc(-c8ccccc8)n7)cc6c45)n3)c21. The summed E-state index contributed by atoms with van der Waals surface area (Å²) in [7, 11) is 0. The van der Waals surface area contributed by atoms with Crippen LogP contribution in [0.4, 0.5) is 0 Å². The number of furan rings is 1. The molecule has 0 radical (unpaired) electrons. The molecule has 0 aliphatic heterocycles. The first-order valence-corrected chi connectivity index (χ1v) is 19.5. The van der Waals surface area contributed by atoms with E-state index in [4.69, 9.17) is 29.3 Å². The second kappa shape index (κ2) is 13.3. The summed E-state index contributed by atoms with van der Waals surface area (Å²) in [4.78, 5) is 25.9. The highest BCUT2D eigenvalue weighted by Crippen LogP contribution is 2.52. The van der Waals surface area contributed by atoms with Crippen molar-refractivity contribution in [2.24, 2.45) is 0 Å². The van der Waals surface area contributed by atoms with Crippen LogP contribution in [0.3, 0.4) is 0 Å². The maximum atomic E-state index is 6.53. The van der Waals surface area contributed by atoms with E-state index in [1.54, 1.807) is 0 Å². The molecule has 3 heterocycles. The molecule has 0 spiro atoms. The molecule has 0 fully saturated rings. The molecule has 6 heteroatoms. The van der Waals surface area contributed by atoms with Crippen molar-refractivity contribution in [3.8, 4) is 79.2 Å². The number of nitrogens with zero attached hydrogens (tertiary/aromatic N) is 5. The molecule has 1 aliphatic carbocycles. The van der Waals surface area contributed by atoms with E-state index in [9.17, 15) is 0 Å². The number of aromatic nitrogens is 5. The molecule has 7 aromatic carbocycles. The molecule has 274 valence electrons. The molecule has 1 aliphatic rings. The summed E-state index contributed by atoms with van der Waals surface area (Å²) in [5.74, 6) is 2.44. The molecule has 0 N–H and O–H groups in total. The summed E-state index contributed by atoms with van der Waals surface area (Å²) in [5, 5.41) is 1.85. The van der Waals surface area contributed by atoms with Crippen LogP contribution in [0.2, 0.25) is 0 Å². The Morgan fingerprint density at radius 3 is 1.62 bits per heavy atom. The van der Waals surface area contributed by atoms with Gasteiger partial charge in [-0.3, -0.25) is 0 Å². The van der Waals surface area contributed by atoms with Crippen LogP contribution in [0.15, 0.2) is 180 Å². The van der Waals surface area contributed by atoms with Gasteiger partial charge in [-0.2, -0.15) is 0 Å². The largest absolute Gasteiger partial charge is 0.456 e. The summed E-state index contributed by atoms with van der Waals surface area (Å²) in [6.07, 6.45) is 0. The Morgan fingerprint density at radius 2 is 0.914 bits per heavy atom. The lowest BCUT2D eigenvalue weighted by molar-refractivity contribution is 0.661. The average molecular weight is 746 g/mol. The van der Waals surface area contributed by atoms with Gasteiger partial charge >= 0.3 is 0 Å². The third kappa shape index (κ3) is 5.52. The lowest BCUT2D eigenvalue weighted by Crippen LogP contribution is -2.17. The van der Waals surface area contributed by atoms with Gasteiger partial charge in [-0.15, -0.1) is 0 Å². The Bertz CT molecular complexity index is 3130. The van der Waals surface area contributed by atoms with Gasteiger partial charge in [0, 0.05) is 49.6 Å². The molecule has 3 aromatic heterocycles. The summed E-state index contributed by atoms with van der Waals surface area (Å²) in [5.41, 5.74) is 13.6. The first kappa shape index (κ1) is 33.7. The smallest absolute Gasteiger partial charge is 0.164 e. The molecule has 0 atom stereocenters. The summed E-state index contributed by atoms with van der Waals surface area (Å²) < 4.78 is 6.53. The fraction of sp³-hybridized carbons (Fsp3) is 0.0577. The molecule has 0 saturated heterocycles. The minimum absolute atomic E-state index is 0.250. The van der Waals surface area contributed by atoms with E-state index in [2.05, 4.69) is 98.8 Å². The third-order valence-electron chi connectivity index (χ3n) is 11.3. The van der Waals surface area contributed by atoms with Gasteiger partial charge < -0.3 is 4.42 Å². The van der Waals surface area contributed by atoms with E-state index in [0.717, 1.165) is 66.7 Å². The summed E-state index contributed by atoms with van der Waals surface area (Å²) in [6.45, 7) is 4.58. The fourth-order valence-corrected chi connectivity index (χ4v) is 8.61. The molecule has 0 saturated carbocycles. The van der Waals surface area contributed by atoms with Gasteiger partial charge in [0.05, 0.1) is 11.4 Å². The molecule has 6 nitrogen and oxygen atoms in total. The van der Waals surface area contributed by atoms with Crippen LogP contribution in [0, 0.1) is 0 Å². The lowest BCUT2D eigenvalue weighted by Gasteiger charge is -2.24. The molecular formula is C52H35N5O. The van der Waals surface area contributed by atoms with E-state index < -0.39 is 0 Å². The van der Waals surface area contributed by atoms with Gasteiger partial charge in [0.1, 0.15) is 11.2 Å². The zero-order chi connectivity index (χ0) is 38.8. The maximum Gasteiger partial charge on any atom is 0.164 e. The zero-order valence-corrected chi connectivity index (χ0v) is 31.9. The summed E-state index contributed by atoms with van der Waals surface area (Å²) >= 11 is 0. The molecule has 0 unspecified atom stereocenters. The predicted molar refractivity (Wildman–Crippen MR) is 233 cm³/mol. The van der Waals surface area contributed by atoms with Gasteiger partial charge in [-0.05, 0) is 52.6 Å². The van der Waals surface area contributed by atoms with Crippen molar-refractivity contribution in [1.29, 1.82) is 0 Å². The maximum absolute atomic E-state index is 6.53. The minimum atomic E-state index is -0.250. The van der Waals surface area contributed by atoms with Gasteiger partial charge in [0.15, 0.2) is 23.3 Å². The fourth-order valence-electron chi connectivity index (χ4n) is 8.61. The topological polar surface area (TPSA) is 77.6 Å². The Hall–Kier alpha value is -7.57. The van der Waals surface area contributed by atoms with E-state index >= 15 is 0 Å². The highest BCUT2D eigenvalue weighted by molar-refractivity contribution is 6.12. The Balaban J connectivity index is 1.12. The third-order valence-corrected chi connectivity index (χ3v) is 11.3. The van der Waals surface area contributed by atoms with Crippen LogP contribution in [0.5, 0.6) is 0 Å². The van der Waals surface area contributed by atoms with Crippen molar-refractivity contribution in [2.75, 3.05) is 0 Å². The minimum Gasteiger partial charge on any atom is -0.456 e. The molecule has 0 bridgehead atoms. The monoisotopic (exact) mass is 745 g/mol. The van der Waals surface area contributed by atoms with Crippen LogP contribution >= 0.6 is 0 Å². The zero-order valence-electron chi connectivity index (χ0n) is 31.9.